The van der Waals surface area contributed by atoms with Crippen LogP contribution >= 0.6 is 0 Å². The number of nitrogens with zero attached hydrogens (tertiary/aromatic N) is 3. The first-order valence-corrected chi connectivity index (χ1v) is 4.21. The largest absolute Gasteiger partial charge is 0.273 e. The van der Waals surface area contributed by atoms with Gasteiger partial charge in [-0.3, -0.25) is 5.01 Å². The van der Waals surface area contributed by atoms with Crippen molar-refractivity contribution in [1.82, 2.24) is 15.7 Å². The van der Waals surface area contributed by atoms with Gasteiger partial charge in [0.15, 0.2) is 0 Å². The summed E-state index contributed by atoms with van der Waals surface area (Å²) in [5.41, 5.74) is 2.94. The van der Waals surface area contributed by atoms with Crippen LogP contribution in [0.5, 0.6) is 0 Å². The van der Waals surface area contributed by atoms with Gasteiger partial charge in [-0.1, -0.05) is 6.42 Å². The quantitative estimate of drug-likeness (QED) is 0.552. The van der Waals surface area contributed by atoms with Crippen LogP contribution in [0.3, 0.4) is 0 Å². The molecule has 2 rings (SSSR count). The molecule has 0 aromatic carbocycles. The summed E-state index contributed by atoms with van der Waals surface area (Å²) in [6.45, 7) is 1.11. The summed E-state index contributed by atoms with van der Waals surface area (Å²) in [6, 6.07) is 0. The van der Waals surface area contributed by atoms with Crippen LogP contribution in [0.2, 0.25) is 0 Å². The van der Waals surface area contributed by atoms with E-state index in [-0.39, 0.29) is 0 Å². The SMILES string of the molecule is CN1NN=C2CCCCCN21. The molecule has 2 aliphatic heterocycles. The number of hydrazone groups is 1. The smallest absolute Gasteiger partial charge is 0.142 e. The first-order valence-electron chi connectivity index (χ1n) is 4.21. The molecule has 1 fully saturated rings. The summed E-state index contributed by atoms with van der Waals surface area (Å²) in [4.78, 5) is 0. The zero-order valence-electron chi connectivity index (χ0n) is 6.88. The maximum Gasteiger partial charge on any atom is 0.142 e. The van der Waals surface area contributed by atoms with Crippen molar-refractivity contribution < 1.29 is 0 Å². The van der Waals surface area contributed by atoms with Gasteiger partial charge in [0.1, 0.15) is 5.84 Å². The Hall–Kier alpha value is -0.770. The molecule has 0 aliphatic carbocycles. The third-order valence-electron chi connectivity index (χ3n) is 2.25. The Kier molecular flexibility index (Phi) is 1.69. The van der Waals surface area contributed by atoms with Crippen LogP contribution < -0.4 is 5.53 Å². The second-order valence-corrected chi connectivity index (χ2v) is 3.09. The summed E-state index contributed by atoms with van der Waals surface area (Å²) >= 11 is 0. The molecule has 11 heavy (non-hydrogen) atoms. The lowest BCUT2D eigenvalue weighted by Crippen LogP contribution is -2.42. The van der Waals surface area contributed by atoms with E-state index in [1.807, 2.05) is 12.2 Å². The molecule has 4 nitrogen and oxygen atoms in total. The number of amidine groups is 1. The van der Waals surface area contributed by atoms with Gasteiger partial charge in [0.2, 0.25) is 0 Å². The second-order valence-electron chi connectivity index (χ2n) is 3.09. The van der Waals surface area contributed by atoms with E-state index in [9.17, 15) is 0 Å². The predicted molar refractivity (Wildman–Crippen MR) is 43.5 cm³/mol. The second kappa shape index (κ2) is 2.70. The van der Waals surface area contributed by atoms with Gasteiger partial charge in [-0.15, -0.1) is 10.2 Å². The summed E-state index contributed by atoms with van der Waals surface area (Å²) in [7, 11) is 2.00. The van der Waals surface area contributed by atoms with Gasteiger partial charge in [-0.25, -0.2) is 5.53 Å². The lowest BCUT2D eigenvalue weighted by Gasteiger charge is -2.23. The molecular formula is C7H14N4. The van der Waals surface area contributed by atoms with E-state index < -0.39 is 0 Å². The third kappa shape index (κ3) is 1.18. The molecule has 2 heterocycles. The fourth-order valence-electron chi connectivity index (χ4n) is 1.60. The topological polar surface area (TPSA) is 30.9 Å². The highest BCUT2D eigenvalue weighted by atomic mass is 15.9. The highest BCUT2D eigenvalue weighted by molar-refractivity contribution is 5.82. The average Bonchev–Trinajstić information content (AvgIpc) is 2.25. The van der Waals surface area contributed by atoms with Crippen LogP contribution in [0.25, 0.3) is 0 Å². The Morgan fingerprint density at radius 3 is 3.18 bits per heavy atom. The Morgan fingerprint density at radius 2 is 2.27 bits per heavy atom. The molecule has 0 aromatic rings. The highest BCUT2D eigenvalue weighted by Crippen LogP contribution is 2.15. The average molecular weight is 154 g/mol. The molecule has 0 saturated carbocycles. The number of hydrazine groups is 2. The van der Waals surface area contributed by atoms with Gasteiger partial charge in [0.25, 0.3) is 0 Å². The minimum atomic E-state index is 1.11. The monoisotopic (exact) mass is 154 g/mol. The number of rotatable bonds is 0. The summed E-state index contributed by atoms with van der Waals surface area (Å²) in [6.07, 6.45) is 5.02. The lowest BCUT2D eigenvalue weighted by atomic mass is 10.2. The van der Waals surface area contributed by atoms with Crippen molar-refractivity contribution in [3.63, 3.8) is 0 Å². The molecule has 62 valence electrons. The van der Waals surface area contributed by atoms with Gasteiger partial charge in [-0.2, -0.15) is 0 Å². The third-order valence-corrected chi connectivity index (χ3v) is 2.25. The number of fused-ring (bicyclic) bond motifs is 1. The first kappa shape index (κ1) is 6.91. The minimum absolute atomic E-state index is 1.11. The molecule has 0 aromatic heterocycles. The van der Waals surface area contributed by atoms with Crippen molar-refractivity contribution in [2.75, 3.05) is 13.6 Å². The standard InChI is InChI=1S/C7H14N4/c1-10-9-8-7-5-3-2-4-6-11(7)10/h9H,2-6H2,1H3. The van der Waals surface area contributed by atoms with E-state index >= 15 is 0 Å². The van der Waals surface area contributed by atoms with Crippen molar-refractivity contribution in [2.45, 2.75) is 25.7 Å². The molecule has 0 radical (unpaired) electrons. The van der Waals surface area contributed by atoms with E-state index in [1.165, 1.54) is 25.1 Å². The molecule has 4 heteroatoms. The molecule has 0 bridgehead atoms. The number of nitrogens with one attached hydrogen (secondary N) is 1. The summed E-state index contributed by atoms with van der Waals surface area (Å²) < 4.78 is 0. The van der Waals surface area contributed by atoms with Gasteiger partial charge in [0, 0.05) is 20.0 Å². The predicted octanol–water partition coefficient (Wildman–Crippen LogP) is 0.541. The number of hydrogen-bond acceptors (Lipinski definition) is 4. The maximum atomic E-state index is 4.22. The zero-order valence-corrected chi connectivity index (χ0v) is 6.88. The van der Waals surface area contributed by atoms with Crippen molar-refractivity contribution in [3.8, 4) is 0 Å². The van der Waals surface area contributed by atoms with E-state index in [0.717, 1.165) is 13.0 Å². The molecule has 1 saturated heterocycles. The molecule has 2 aliphatic rings. The Morgan fingerprint density at radius 1 is 1.36 bits per heavy atom. The number of hydrogen-bond donors (Lipinski definition) is 1. The van der Waals surface area contributed by atoms with Crippen molar-refractivity contribution >= 4 is 5.84 Å². The zero-order chi connectivity index (χ0) is 7.68. The Bertz CT molecular complexity index is 177. The van der Waals surface area contributed by atoms with Crippen LogP contribution in [0.1, 0.15) is 25.7 Å². The van der Waals surface area contributed by atoms with Crippen molar-refractivity contribution in [3.05, 3.63) is 0 Å². The molecule has 0 amide bonds. The molecule has 0 atom stereocenters. The van der Waals surface area contributed by atoms with Crippen LogP contribution in [-0.2, 0) is 0 Å². The molecule has 1 N–H and O–H groups in total. The van der Waals surface area contributed by atoms with Gasteiger partial charge in [0.05, 0.1) is 0 Å². The fraction of sp³-hybridized carbons (Fsp3) is 0.857. The maximum absolute atomic E-state index is 4.22. The van der Waals surface area contributed by atoms with Crippen LogP contribution in [0, 0.1) is 0 Å². The van der Waals surface area contributed by atoms with Gasteiger partial charge >= 0.3 is 0 Å². The van der Waals surface area contributed by atoms with E-state index in [0.29, 0.717) is 0 Å². The van der Waals surface area contributed by atoms with Crippen LogP contribution in [-0.4, -0.2) is 29.6 Å². The summed E-state index contributed by atoms with van der Waals surface area (Å²) in [5, 5.41) is 8.39. The molecule has 0 unspecified atom stereocenters. The lowest BCUT2D eigenvalue weighted by molar-refractivity contribution is 0.0474. The van der Waals surface area contributed by atoms with Crippen LogP contribution in [0.4, 0.5) is 0 Å². The van der Waals surface area contributed by atoms with Crippen molar-refractivity contribution in [1.29, 1.82) is 0 Å². The minimum Gasteiger partial charge on any atom is -0.273 e. The van der Waals surface area contributed by atoms with E-state index in [1.54, 1.807) is 0 Å². The van der Waals surface area contributed by atoms with E-state index in [4.69, 9.17) is 0 Å². The highest BCUT2D eigenvalue weighted by Gasteiger charge is 2.23. The van der Waals surface area contributed by atoms with Gasteiger partial charge in [-0.05, 0) is 12.8 Å². The van der Waals surface area contributed by atoms with Gasteiger partial charge < -0.3 is 0 Å². The first-order chi connectivity index (χ1) is 5.38. The van der Waals surface area contributed by atoms with Crippen LogP contribution in [0.15, 0.2) is 5.10 Å². The fourth-order valence-corrected chi connectivity index (χ4v) is 1.60. The Balaban J connectivity index is 2.09. The molecular weight excluding hydrogens is 140 g/mol. The summed E-state index contributed by atoms with van der Waals surface area (Å²) in [5.74, 6) is 1.20. The molecule has 0 spiro atoms. The van der Waals surface area contributed by atoms with Crippen molar-refractivity contribution in [2.24, 2.45) is 5.10 Å². The Labute approximate surface area is 66.8 Å². The van der Waals surface area contributed by atoms with E-state index in [2.05, 4.69) is 15.6 Å². The normalized spacial score (nSPS) is 25.5.